The van der Waals surface area contributed by atoms with Gasteiger partial charge in [-0.1, -0.05) is 0 Å². The molecule has 70 valence electrons. The van der Waals surface area contributed by atoms with Gasteiger partial charge in [-0.15, -0.1) is 0 Å². The monoisotopic (exact) mass is 189 g/mol. The SMILES string of the molecule is FC(F)(F)c1cccnc1[C@H]1CO1. The van der Waals surface area contributed by atoms with E-state index in [1.165, 1.54) is 12.3 Å². The van der Waals surface area contributed by atoms with Gasteiger partial charge in [-0.05, 0) is 12.1 Å². The quantitative estimate of drug-likeness (QED) is 0.632. The summed E-state index contributed by atoms with van der Waals surface area (Å²) in [6, 6.07) is 2.29. The minimum atomic E-state index is -4.34. The molecule has 2 nitrogen and oxygen atoms in total. The smallest absolute Gasteiger partial charge is 0.366 e. The fourth-order valence-electron chi connectivity index (χ4n) is 1.12. The minimum absolute atomic E-state index is 0.00463. The van der Waals surface area contributed by atoms with E-state index in [4.69, 9.17) is 4.74 Å². The standard InChI is InChI=1S/C8H6F3NO/c9-8(10,11)5-2-1-3-12-7(5)6-4-13-6/h1-3,6H,4H2/t6-/m1/s1. The average molecular weight is 189 g/mol. The number of hydrogen-bond donors (Lipinski definition) is 0. The molecule has 0 N–H and O–H groups in total. The number of hydrogen-bond acceptors (Lipinski definition) is 2. The molecule has 0 radical (unpaired) electrons. The van der Waals surface area contributed by atoms with E-state index < -0.39 is 17.8 Å². The summed E-state index contributed by atoms with van der Waals surface area (Å²) in [5, 5.41) is 0. The summed E-state index contributed by atoms with van der Waals surface area (Å²) in [7, 11) is 0. The number of rotatable bonds is 1. The summed E-state index contributed by atoms with van der Waals surface area (Å²) < 4.78 is 41.8. The Hall–Kier alpha value is -1.10. The lowest BCUT2D eigenvalue weighted by atomic mass is 10.1. The van der Waals surface area contributed by atoms with E-state index in [-0.39, 0.29) is 5.69 Å². The van der Waals surface area contributed by atoms with E-state index in [0.29, 0.717) is 6.61 Å². The number of ether oxygens (including phenoxy) is 1. The molecule has 2 rings (SSSR count). The fourth-order valence-corrected chi connectivity index (χ4v) is 1.12. The number of alkyl halides is 3. The molecule has 1 aliphatic heterocycles. The maximum atomic E-state index is 12.3. The molecule has 0 bridgehead atoms. The zero-order chi connectivity index (χ0) is 9.47. The summed E-state index contributed by atoms with van der Waals surface area (Å²) in [4.78, 5) is 3.66. The first-order chi connectivity index (χ1) is 6.09. The van der Waals surface area contributed by atoms with Crippen LogP contribution in [0, 0.1) is 0 Å². The van der Waals surface area contributed by atoms with Crippen molar-refractivity contribution < 1.29 is 17.9 Å². The number of aromatic nitrogens is 1. The summed E-state index contributed by atoms with van der Waals surface area (Å²) in [5.74, 6) is 0. The van der Waals surface area contributed by atoms with Crippen molar-refractivity contribution in [1.29, 1.82) is 0 Å². The van der Waals surface area contributed by atoms with Crippen LogP contribution in [0.4, 0.5) is 13.2 Å². The molecule has 1 aliphatic rings. The van der Waals surface area contributed by atoms with Gasteiger partial charge in [-0.2, -0.15) is 13.2 Å². The summed E-state index contributed by atoms with van der Waals surface area (Å²) in [6.07, 6.45) is -3.46. The van der Waals surface area contributed by atoms with Crippen molar-refractivity contribution in [2.45, 2.75) is 12.3 Å². The second kappa shape index (κ2) is 2.70. The van der Waals surface area contributed by atoms with E-state index in [0.717, 1.165) is 6.07 Å². The number of pyridine rings is 1. The third-order valence-electron chi connectivity index (χ3n) is 1.78. The van der Waals surface area contributed by atoms with Gasteiger partial charge < -0.3 is 4.74 Å². The van der Waals surface area contributed by atoms with Crippen molar-refractivity contribution in [2.75, 3.05) is 6.61 Å². The topological polar surface area (TPSA) is 25.4 Å². The molecule has 2 heterocycles. The molecule has 13 heavy (non-hydrogen) atoms. The second-order valence-corrected chi connectivity index (χ2v) is 2.76. The van der Waals surface area contributed by atoms with Crippen LogP contribution in [0.3, 0.4) is 0 Å². The van der Waals surface area contributed by atoms with Gasteiger partial charge in [0, 0.05) is 6.20 Å². The zero-order valence-corrected chi connectivity index (χ0v) is 6.51. The van der Waals surface area contributed by atoms with Crippen LogP contribution in [0.5, 0.6) is 0 Å². The molecular weight excluding hydrogens is 183 g/mol. The third-order valence-corrected chi connectivity index (χ3v) is 1.78. The van der Waals surface area contributed by atoms with Crippen molar-refractivity contribution >= 4 is 0 Å². The van der Waals surface area contributed by atoms with Crippen molar-refractivity contribution in [3.63, 3.8) is 0 Å². The Balaban J connectivity index is 2.43. The van der Waals surface area contributed by atoms with E-state index >= 15 is 0 Å². The summed E-state index contributed by atoms with van der Waals surface area (Å²) >= 11 is 0. The Morgan fingerprint density at radius 2 is 2.15 bits per heavy atom. The highest BCUT2D eigenvalue weighted by Crippen LogP contribution is 2.38. The van der Waals surface area contributed by atoms with Crippen molar-refractivity contribution in [3.05, 3.63) is 29.6 Å². The van der Waals surface area contributed by atoms with E-state index in [2.05, 4.69) is 4.98 Å². The summed E-state index contributed by atoms with van der Waals surface area (Å²) in [6.45, 7) is 0.333. The normalized spacial score (nSPS) is 21.6. The minimum Gasteiger partial charge on any atom is -0.366 e. The number of halogens is 3. The maximum Gasteiger partial charge on any atom is 0.418 e. The van der Waals surface area contributed by atoms with Crippen LogP contribution in [0.1, 0.15) is 17.4 Å². The lowest BCUT2D eigenvalue weighted by Gasteiger charge is -2.09. The molecule has 5 heteroatoms. The number of epoxide rings is 1. The molecule has 1 saturated heterocycles. The van der Waals surface area contributed by atoms with E-state index in [1.54, 1.807) is 0 Å². The van der Waals surface area contributed by atoms with E-state index in [9.17, 15) is 13.2 Å². The van der Waals surface area contributed by atoms with Crippen molar-refractivity contribution in [2.24, 2.45) is 0 Å². The van der Waals surface area contributed by atoms with Gasteiger partial charge in [0.2, 0.25) is 0 Å². The molecule has 0 amide bonds. The molecular formula is C8H6F3NO. The van der Waals surface area contributed by atoms with Crippen LogP contribution in [-0.2, 0) is 10.9 Å². The molecule has 0 saturated carbocycles. The molecule has 1 fully saturated rings. The van der Waals surface area contributed by atoms with Crippen LogP contribution in [-0.4, -0.2) is 11.6 Å². The Bertz CT molecular complexity index is 319. The van der Waals surface area contributed by atoms with Gasteiger partial charge in [0.25, 0.3) is 0 Å². The highest BCUT2D eigenvalue weighted by Gasteiger charge is 2.39. The largest absolute Gasteiger partial charge is 0.418 e. The zero-order valence-electron chi connectivity index (χ0n) is 6.51. The second-order valence-electron chi connectivity index (χ2n) is 2.76. The van der Waals surface area contributed by atoms with Crippen LogP contribution in [0.25, 0.3) is 0 Å². The van der Waals surface area contributed by atoms with Gasteiger partial charge in [0.15, 0.2) is 0 Å². The first-order valence-corrected chi connectivity index (χ1v) is 3.73. The van der Waals surface area contributed by atoms with E-state index in [1.807, 2.05) is 0 Å². The van der Waals surface area contributed by atoms with Gasteiger partial charge >= 0.3 is 6.18 Å². The van der Waals surface area contributed by atoms with Crippen LogP contribution < -0.4 is 0 Å². The lowest BCUT2D eigenvalue weighted by Crippen LogP contribution is -2.09. The van der Waals surface area contributed by atoms with Crippen molar-refractivity contribution in [3.8, 4) is 0 Å². The Morgan fingerprint density at radius 1 is 1.46 bits per heavy atom. The predicted octanol–water partition coefficient (Wildman–Crippen LogP) is 2.17. The lowest BCUT2D eigenvalue weighted by molar-refractivity contribution is -0.138. The molecule has 0 aliphatic carbocycles. The fraction of sp³-hybridized carbons (Fsp3) is 0.375. The van der Waals surface area contributed by atoms with Gasteiger partial charge in [-0.25, -0.2) is 0 Å². The summed E-state index contributed by atoms with van der Waals surface area (Å²) in [5.41, 5.74) is -0.701. The van der Waals surface area contributed by atoms with Crippen LogP contribution in [0.2, 0.25) is 0 Å². The first-order valence-electron chi connectivity index (χ1n) is 3.73. The Kier molecular flexibility index (Phi) is 1.76. The maximum absolute atomic E-state index is 12.3. The first kappa shape index (κ1) is 8.50. The number of nitrogens with zero attached hydrogens (tertiary/aromatic N) is 1. The Labute approximate surface area is 72.4 Å². The van der Waals surface area contributed by atoms with Gasteiger partial charge in [-0.3, -0.25) is 4.98 Å². The van der Waals surface area contributed by atoms with Gasteiger partial charge in [0.05, 0.1) is 17.9 Å². The molecule has 1 atom stereocenters. The third kappa shape index (κ3) is 1.65. The predicted molar refractivity (Wildman–Crippen MR) is 37.9 cm³/mol. The van der Waals surface area contributed by atoms with Gasteiger partial charge in [0.1, 0.15) is 6.10 Å². The molecule has 1 aromatic rings. The highest BCUT2D eigenvalue weighted by molar-refractivity contribution is 5.26. The highest BCUT2D eigenvalue weighted by atomic mass is 19.4. The average Bonchev–Trinajstić information content (AvgIpc) is 2.85. The Morgan fingerprint density at radius 3 is 2.69 bits per heavy atom. The molecule has 0 spiro atoms. The van der Waals surface area contributed by atoms with Crippen molar-refractivity contribution in [1.82, 2.24) is 4.98 Å². The molecule has 0 unspecified atom stereocenters. The molecule has 1 aromatic heterocycles. The van der Waals surface area contributed by atoms with Crippen LogP contribution >= 0.6 is 0 Å². The van der Waals surface area contributed by atoms with Crippen LogP contribution in [0.15, 0.2) is 18.3 Å². The molecule has 0 aromatic carbocycles.